The van der Waals surface area contributed by atoms with E-state index in [2.05, 4.69) is 16.2 Å². The van der Waals surface area contributed by atoms with Crippen LogP contribution in [0.15, 0.2) is 36.4 Å². The number of nitrogens with one attached hydrogen (secondary N) is 3. The molecule has 2 rings (SSSR count). The number of hydrogen-bond donors (Lipinski definition) is 3. The topological polar surface area (TPSA) is 88.7 Å². The summed E-state index contributed by atoms with van der Waals surface area (Å²) < 4.78 is 10.4. The second kappa shape index (κ2) is 10.4. The monoisotopic (exact) mass is 417 g/mol. The first-order valence-electron chi connectivity index (χ1n) is 8.83. The van der Waals surface area contributed by atoms with Gasteiger partial charge in [-0.3, -0.25) is 20.4 Å². The third-order valence-corrected chi connectivity index (χ3v) is 4.31. The van der Waals surface area contributed by atoms with E-state index in [0.717, 1.165) is 16.8 Å². The van der Waals surface area contributed by atoms with Gasteiger partial charge in [-0.2, -0.15) is 0 Å². The van der Waals surface area contributed by atoms with Crippen molar-refractivity contribution in [2.75, 3.05) is 26.1 Å². The number of aryl methyl sites for hydroxylation is 2. The Balaban J connectivity index is 1.86. The predicted octanol–water partition coefficient (Wildman–Crippen LogP) is 3.25. The van der Waals surface area contributed by atoms with Gasteiger partial charge in [0.25, 0.3) is 11.8 Å². The zero-order chi connectivity index (χ0) is 21.4. The molecule has 0 saturated carbocycles. The minimum atomic E-state index is -0.490. The summed E-state index contributed by atoms with van der Waals surface area (Å²) in [5.74, 6) is 0.00170. The molecule has 29 heavy (non-hydrogen) atoms. The van der Waals surface area contributed by atoms with Crippen molar-refractivity contribution in [3.8, 4) is 11.5 Å². The van der Waals surface area contributed by atoms with Crippen LogP contribution in [0, 0.1) is 13.8 Å². The van der Waals surface area contributed by atoms with Crippen LogP contribution in [-0.4, -0.2) is 32.6 Å². The number of amides is 2. The number of methoxy groups -OCH3 is 2. The molecule has 0 radical (unpaired) electrons. The Kier molecular flexibility index (Phi) is 7.91. The summed E-state index contributed by atoms with van der Waals surface area (Å²) in [6.45, 7) is 3.99. The minimum absolute atomic E-state index is 0.0270. The quantitative estimate of drug-likeness (QED) is 0.475. The fourth-order valence-electron chi connectivity index (χ4n) is 2.61. The number of rotatable bonds is 7. The van der Waals surface area contributed by atoms with Crippen molar-refractivity contribution in [1.82, 2.24) is 10.9 Å². The predicted molar refractivity (Wildman–Crippen MR) is 114 cm³/mol. The summed E-state index contributed by atoms with van der Waals surface area (Å²) in [6, 6.07) is 9.21. The molecule has 2 aromatic carbocycles. The van der Waals surface area contributed by atoms with Crippen molar-refractivity contribution in [3.63, 3.8) is 0 Å². The van der Waals surface area contributed by atoms with Crippen LogP contribution >= 0.6 is 11.6 Å². The summed E-state index contributed by atoms with van der Waals surface area (Å²) in [5, 5.41) is 3.39. The lowest BCUT2D eigenvalue weighted by atomic mass is 10.1. The number of hydrogen-bond acceptors (Lipinski definition) is 5. The lowest BCUT2D eigenvalue weighted by Crippen LogP contribution is -2.43. The fraction of sp³-hybridized carbons (Fsp3) is 0.238. The van der Waals surface area contributed by atoms with E-state index in [0.29, 0.717) is 22.1 Å². The fourth-order valence-corrected chi connectivity index (χ4v) is 2.91. The van der Waals surface area contributed by atoms with Gasteiger partial charge < -0.3 is 14.8 Å². The lowest BCUT2D eigenvalue weighted by molar-refractivity contribution is -0.125. The Morgan fingerprint density at radius 2 is 1.83 bits per heavy atom. The second-order valence-corrected chi connectivity index (χ2v) is 6.69. The average Bonchev–Trinajstić information content (AvgIpc) is 2.69. The molecular weight excluding hydrogens is 394 g/mol. The van der Waals surface area contributed by atoms with E-state index >= 15 is 0 Å². The number of halogens is 1. The standard InChI is InChI=1S/C21H24ClN3O4/c1-13-5-7-17(14(2)9-13)23-12-20(27)25-24-19(26)8-6-15-10-16(22)21(29-4)18(11-15)28-3/h5-11,23H,12H2,1-4H3,(H,24,26)(H,25,27)/b8-6+. The molecule has 154 valence electrons. The van der Waals surface area contributed by atoms with Crippen LogP contribution in [0.5, 0.6) is 11.5 Å². The summed E-state index contributed by atoms with van der Waals surface area (Å²) in [6.07, 6.45) is 2.82. The zero-order valence-corrected chi connectivity index (χ0v) is 17.5. The molecule has 7 nitrogen and oxygen atoms in total. The number of carbonyl (C=O) groups excluding carboxylic acids is 2. The van der Waals surface area contributed by atoms with Crippen LogP contribution in [0.2, 0.25) is 5.02 Å². The summed E-state index contributed by atoms with van der Waals surface area (Å²) in [5.41, 5.74) is 8.37. The highest BCUT2D eigenvalue weighted by Crippen LogP contribution is 2.36. The van der Waals surface area contributed by atoms with Crippen LogP contribution in [0.25, 0.3) is 6.08 Å². The zero-order valence-electron chi connectivity index (χ0n) is 16.8. The maximum Gasteiger partial charge on any atom is 0.262 e. The van der Waals surface area contributed by atoms with Gasteiger partial charge in [0.05, 0.1) is 25.8 Å². The Labute approximate surface area is 175 Å². The molecule has 0 aliphatic rings. The molecule has 0 spiro atoms. The number of carbonyl (C=O) groups is 2. The maximum atomic E-state index is 11.9. The Hall–Kier alpha value is -3.19. The van der Waals surface area contributed by atoms with Crippen LogP contribution in [-0.2, 0) is 9.59 Å². The first-order chi connectivity index (χ1) is 13.8. The van der Waals surface area contributed by atoms with Gasteiger partial charge in [0.1, 0.15) is 0 Å². The molecule has 0 fully saturated rings. The first kappa shape index (κ1) is 22.1. The highest BCUT2D eigenvalue weighted by atomic mass is 35.5. The van der Waals surface area contributed by atoms with Gasteiger partial charge in [-0.1, -0.05) is 29.3 Å². The second-order valence-electron chi connectivity index (χ2n) is 6.28. The van der Waals surface area contributed by atoms with Gasteiger partial charge in [0.15, 0.2) is 11.5 Å². The van der Waals surface area contributed by atoms with Gasteiger partial charge in [-0.25, -0.2) is 0 Å². The van der Waals surface area contributed by atoms with Crippen molar-refractivity contribution in [3.05, 3.63) is 58.1 Å². The maximum absolute atomic E-state index is 11.9. The summed E-state index contributed by atoms with van der Waals surface area (Å²) >= 11 is 6.13. The molecule has 2 amide bonds. The van der Waals surface area contributed by atoms with E-state index in [1.807, 2.05) is 32.0 Å². The molecule has 0 aliphatic carbocycles. The SMILES string of the molecule is COc1cc(/C=C/C(=O)NNC(=O)CNc2ccc(C)cc2C)cc(Cl)c1OC. The largest absolute Gasteiger partial charge is 0.493 e. The van der Waals surface area contributed by atoms with Crippen molar-refractivity contribution in [1.29, 1.82) is 0 Å². The van der Waals surface area contributed by atoms with Crippen molar-refractivity contribution in [2.24, 2.45) is 0 Å². The molecule has 0 bridgehead atoms. The molecule has 3 N–H and O–H groups in total. The third-order valence-electron chi connectivity index (χ3n) is 4.03. The van der Waals surface area contributed by atoms with Crippen LogP contribution in [0.3, 0.4) is 0 Å². The number of ether oxygens (including phenoxy) is 2. The highest BCUT2D eigenvalue weighted by molar-refractivity contribution is 6.32. The molecule has 0 aromatic heterocycles. The number of hydrazine groups is 1. The van der Waals surface area contributed by atoms with Crippen molar-refractivity contribution in [2.45, 2.75) is 13.8 Å². The van der Waals surface area contributed by atoms with Crippen molar-refractivity contribution >= 4 is 35.2 Å². The van der Waals surface area contributed by atoms with E-state index < -0.39 is 5.91 Å². The third kappa shape index (κ3) is 6.43. The normalized spacial score (nSPS) is 10.5. The van der Waals surface area contributed by atoms with E-state index in [1.165, 1.54) is 20.3 Å². The van der Waals surface area contributed by atoms with Crippen LogP contribution in [0.4, 0.5) is 5.69 Å². The number of benzene rings is 2. The molecule has 0 heterocycles. The summed E-state index contributed by atoms with van der Waals surface area (Å²) in [7, 11) is 2.99. The van der Waals surface area contributed by atoms with Gasteiger partial charge in [0, 0.05) is 11.8 Å². The van der Waals surface area contributed by atoms with Crippen LogP contribution in [0.1, 0.15) is 16.7 Å². The summed E-state index contributed by atoms with van der Waals surface area (Å²) in [4.78, 5) is 23.8. The van der Waals surface area contributed by atoms with E-state index in [-0.39, 0.29) is 12.5 Å². The Bertz CT molecular complexity index is 928. The molecule has 0 aliphatic heterocycles. The molecular formula is C21H24ClN3O4. The smallest absolute Gasteiger partial charge is 0.262 e. The van der Waals surface area contributed by atoms with Gasteiger partial charge in [0.2, 0.25) is 0 Å². The van der Waals surface area contributed by atoms with Gasteiger partial charge >= 0.3 is 0 Å². The molecule has 0 saturated heterocycles. The van der Waals surface area contributed by atoms with E-state index in [1.54, 1.807) is 18.2 Å². The van der Waals surface area contributed by atoms with E-state index in [9.17, 15) is 9.59 Å². The molecule has 0 atom stereocenters. The minimum Gasteiger partial charge on any atom is -0.493 e. The van der Waals surface area contributed by atoms with Crippen LogP contribution < -0.4 is 25.6 Å². The first-order valence-corrected chi connectivity index (χ1v) is 9.21. The molecule has 2 aromatic rings. The molecule has 8 heteroatoms. The van der Waals surface area contributed by atoms with Crippen molar-refractivity contribution < 1.29 is 19.1 Å². The number of anilines is 1. The molecule has 0 unspecified atom stereocenters. The highest BCUT2D eigenvalue weighted by Gasteiger charge is 2.10. The van der Waals surface area contributed by atoms with E-state index in [4.69, 9.17) is 21.1 Å². The average molecular weight is 418 g/mol. The van der Waals surface area contributed by atoms with Gasteiger partial charge in [-0.05, 0) is 49.2 Å². The van der Waals surface area contributed by atoms with Gasteiger partial charge in [-0.15, -0.1) is 0 Å². The Morgan fingerprint density at radius 3 is 2.48 bits per heavy atom. The lowest BCUT2D eigenvalue weighted by Gasteiger charge is -2.11. The Morgan fingerprint density at radius 1 is 1.07 bits per heavy atom.